The maximum absolute atomic E-state index is 11.9. The number of amides is 1. The van der Waals surface area contributed by atoms with Crippen LogP contribution in [-0.4, -0.2) is 21.9 Å². The standard InChI is InChI=1S/C18H17N3O2S/c1-13-6-5-9-15(12-13)19-16(22)10-11-24-18-21-20-17(23-18)14-7-3-2-4-8-14/h2-9,12H,10-11H2,1H3,(H,19,22). The van der Waals surface area contributed by atoms with Gasteiger partial charge in [-0.3, -0.25) is 4.79 Å². The van der Waals surface area contributed by atoms with Gasteiger partial charge in [0.15, 0.2) is 0 Å². The van der Waals surface area contributed by atoms with E-state index in [4.69, 9.17) is 4.42 Å². The lowest BCUT2D eigenvalue weighted by Gasteiger charge is -2.05. The van der Waals surface area contributed by atoms with Crippen molar-refractivity contribution in [3.05, 3.63) is 60.2 Å². The fourth-order valence-corrected chi connectivity index (χ4v) is 2.84. The zero-order valence-corrected chi connectivity index (χ0v) is 14.0. The Labute approximate surface area is 144 Å². The van der Waals surface area contributed by atoms with E-state index in [2.05, 4.69) is 15.5 Å². The van der Waals surface area contributed by atoms with Crippen molar-refractivity contribution in [2.75, 3.05) is 11.1 Å². The summed E-state index contributed by atoms with van der Waals surface area (Å²) in [5, 5.41) is 11.4. The highest BCUT2D eigenvalue weighted by atomic mass is 32.2. The van der Waals surface area contributed by atoms with Gasteiger partial charge in [0.05, 0.1) is 0 Å². The lowest BCUT2D eigenvalue weighted by atomic mass is 10.2. The van der Waals surface area contributed by atoms with Crippen molar-refractivity contribution in [1.29, 1.82) is 0 Å². The van der Waals surface area contributed by atoms with Crippen molar-refractivity contribution in [3.63, 3.8) is 0 Å². The van der Waals surface area contributed by atoms with Gasteiger partial charge >= 0.3 is 0 Å². The monoisotopic (exact) mass is 339 g/mol. The van der Waals surface area contributed by atoms with Crippen molar-refractivity contribution in [1.82, 2.24) is 10.2 Å². The molecule has 0 saturated carbocycles. The highest BCUT2D eigenvalue weighted by Gasteiger charge is 2.10. The Morgan fingerprint density at radius 2 is 1.96 bits per heavy atom. The molecule has 2 aromatic carbocycles. The Hall–Kier alpha value is -2.60. The number of hydrogen-bond donors (Lipinski definition) is 1. The molecule has 0 aliphatic heterocycles. The van der Waals surface area contributed by atoms with Crippen molar-refractivity contribution in [2.45, 2.75) is 18.6 Å². The van der Waals surface area contributed by atoms with E-state index in [-0.39, 0.29) is 5.91 Å². The quantitative estimate of drug-likeness (QED) is 0.683. The number of rotatable bonds is 6. The summed E-state index contributed by atoms with van der Waals surface area (Å²) in [6.07, 6.45) is 0.377. The van der Waals surface area contributed by atoms with Gasteiger partial charge < -0.3 is 9.73 Å². The van der Waals surface area contributed by atoms with E-state index in [0.717, 1.165) is 16.8 Å². The molecule has 122 valence electrons. The molecule has 1 aromatic heterocycles. The van der Waals surface area contributed by atoms with Gasteiger partial charge in [-0.25, -0.2) is 0 Å². The Kier molecular flexibility index (Phi) is 5.28. The molecule has 1 heterocycles. The van der Waals surface area contributed by atoms with Crippen LogP contribution in [0.25, 0.3) is 11.5 Å². The van der Waals surface area contributed by atoms with Crippen LogP contribution in [0, 0.1) is 6.92 Å². The molecular formula is C18H17N3O2S. The highest BCUT2D eigenvalue weighted by molar-refractivity contribution is 7.99. The molecule has 6 heteroatoms. The zero-order chi connectivity index (χ0) is 16.8. The molecule has 5 nitrogen and oxygen atoms in total. The summed E-state index contributed by atoms with van der Waals surface area (Å²) in [5.74, 6) is 1.03. The van der Waals surface area contributed by atoms with Crippen molar-refractivity contribution in [3.8, 4) is 11.5 Å². The zero-order valence-electron chi connectivity index (χ0n) is 13.2. The normalized spacial score (nSPS) is 10.5. The smallest absolute Gasteiger partial charge is 0.276 e. The second kappa shape index (κ2) is 7.79. The van der Waals surface area contributed by atoms with Gasteiger partial charge in [-0.2, -0.15) is 0 Å². The molecule has 0 aliphatic rings. The predicted molar refractivity (Wildman–Crippen MR) is 94.9 cm³/mol. The largest absolute Gasteiger partial charge is 0.411 e. The Balaban J connectivity index is 1.48. The molecule has 0 bridgehead atoms. The van der Waals surface area contributed by atoms with E-state index in [1.165, 1.54) is 11.8 Å². The van der Waals surface area contributed by atoms with Gasteiger partial charge in [0.25, 0.3) is 5.22 Å². The minimum Gasteiger partial charge on any atom is -0.411 e. The van der Waals surface area contributed by atoms with Crippen molar-refractivity contribution < 1.29 is 9.21 Å². The minimum absolute atomic E-state index is 0.0316. The van der Waals surface area contributed by atoms with E-state index in [1.54, 1.807) is 0 Å². The van der Waals surface area contributed by atoms with Crippen LogP contribution in [-0.2, 0) is 4.79 Å². The summed E-state index contributed by atoms with van der Waals surface area (Å²) >= 11 is 1.38. The molecule has 1 amide bonds. The number of anilines is 1. The molecule has 0 fully saturated rings. The Bertz CT molecular complexity index is 818. The van der Waals surface area contributed by atoms with Gasteiger partial charge in [-0.05, 0) is 36.8 Å². The number of benzene rings is 2. The molecule has 0 atom stereocenters. The first-order valence-electron chi connectivity index (χ1n) is 7.59. The van der Waals surface area contributed by atoms with Gasteiger partial charge in [0, 0.05) is 23.4 Å². The van der Waals surface area contributed by atoms with E-state index >= 15 is 0 Å². The Morgan fingerprint density at radius 3 is 2.75 bits per heavy atom. The van der Waals surface area contributed by atoms with Gasteiger partial charge in [0.1, 0.15) is 0 Å². The molecule has 0 radical (unpaired) electrons. The van der Waals surface area contributed by atoms with Crippen LogP contribution in [0.3, 0.4) is 0 Å². The lowest BCUT2D eigenvalue weighted by molar-refractivity contribution is -0.115. The number of nitrogens with one attached hydrogen (secondary N) is 1. The Morgan fingerprint density at radius 1 is 1.12 bits per heavy atom. The molecule has 0 spiro atoms. The van der Waals surface area contributed by atoms with Crippen molar-refractivity contribution >= 4 is 23.4 Å². The van der Waals surface area contributed by atoms with Gasteiger partial charge in [-0.1, -0.05) is 42.1 Å². The van der Waals surface area contributed by atoms with Crippen molar-refractivity contribution in [2.24, 2.45) is 0 Å². The van der Waals surface area contributed by atoms with Crippen LogP contribution in [0.15, 0.2) is 64.2 Å². The second-order valence-electron chi connectivity index (χ2n) is 5.26. The molecular weight excluding hydrogens is 322 g/mol. The third-order valence-electron chi connectivity index (χ3n) is 3.28. The molecule has 0 unspecified atom stereocenters. The third kappa shape index (κ3) is 4.45. The average Bonchev–Trinajstić information content (AvgIpc) is 3.04. The maximum Gasteiger partial charge on any atom is 0.276 e. The highest BCUT2D eigenvalue weighted by Crippen LogP contribution is 2.23. The molecule has 0 saturated heterocycles. The maximum atomic E-state index is 11.9. The topological polar surface area (TPSA) is 68.0 Å². The fourth-order valence-electron chi connectivity index (χ4n) is 2.14. The molecule has 0 aliphatic carbocycles. The first-order chi connectivity index (χ1) is 11.7. The number of hydrogen-bond acceptors (Lipinski definition) is 5. The summed E-state index contributed by atoms with van der Waals surface area (Å²) in [6.45, 7) is 1.99. The molecule has 24 heavy (non-hydrogen) atoms. The van der Waals surface area contributed by atoms with Crippen LogP contribution in [0.2, 0.25) is 0 Å². The second-order valence-corrected chi connectivity index (χ2v) is 6.30. The number of carbonyl (C=O) groups excluding carboxylic acids is 1. The SMILES string of the molecule is Cc1cccc(NC(=O)CCSc2nnc(-c3ccccc3)o2)c1. The van der Waals surface area contributed by atoms with Crippen LogP contribution in [0.1, 0.15) is 12.0 Å². The van der Waals surface area contributed by atoms with Crippen LogP contribution in [0.4, 0.5) is 5.69 Å². The minimum atomic E-state index is -0.0316. The molecule has 1 N–H and O–H groups in total. The van der Waals surface area contributed by atoms with E-state index in [9.17, 15) is 4.79 Å². The van der Waals surface area contributed by atoms with Crippen LogP contribution in [0.5, 0.6) is 0 Å². The first kappa shape index (κ1) is 16.3. The lowest BCUT2D eigenvalue weighted by Crippen LogP contribution is -2.12. The number of thioether (sulfide) groups is 1. The molecule has 3 aromatic rings. The number of nitrogens with zero attached hydrogens (tertiary/aromatic N) is 2. The molecule has 3 rings (SSSR count). The van der Waals surface area contributed by atoms with E-state index in [0.29, 0.717) is 23.3 Å². The fraction of sp³-hybridized carbons (Fsp3) is 0.167. The summed E-state index contributed by atoms with van der Waals surface area (Å²) in [6, 6.07) is 17.3. The summed E-state index contributed by atoms with van der Waals surface area (Å²) in [4.78, 5) is 11.9. The van der Waals surface area contributed by atoms with Gasteiger partial charge in [-0.15, -0.1) is 10.2 Å². The first-order valence-corrected chi connectivity index (χ1v) is 8.57. The van der Waals surface area contributed by atoms with Gasteiger partial charge in [0.2, 0.25) is 11.8 Å². The van der Waals surface area contributed by atoms with Crippen LogP contribution >= 0.6 is 11.8 Å². The third-order valence-corrected chi connectivity index (χ3v) is 4.10. The van der Waals surface area contributed by atoms with Crippen LogP contribution < -0.4 is 5.32 Å². The summed E-state index contributed by atoms with van der Waals surface area (Å²) in [7, 11) is 0. The average molecular weight is 339 g/mol. The number of aryl methyl sites for hydroxylation is 1. The summed E-state index contributed by atoms with van der Waals surface area (Å²) < 4.78 is 5.59. The number of aromatic nitrogens is 2. The number of carbonyl (C=O) groups is 1. The van der Waals surface area contributed by atoms with E-state index < -0.39 is 0 Å². The predicted octanol–water partition coefficient (Wildman–Crippen LogP) is 4.17. The van der Waals surface area contributed by atoms with E-state index in [1.807, 2.05) is 61.5 Å². The summed E-state index contributed by atoms with van der Waals surface area (Å²) in [5.41, 5.74) is 2.81.